The van der Waals surface area contributed by atoms with E-state index < -0.39 is 18.2 Å². The van der Waals surface area contributed by atoms with Gasteiger partial charge in [-0.1, -0.05) is 13.3 Å². The molecule has 6 heteroatoms. The zero-order chi connectivity index (χ0) is 13.5. The maximum Gasteiger partial charge on any atom is 0.334 e. The van der Waals surface area contributed by atoms with Gasteiger partial charge >= 0.3 is 5.97 Å². The van der Waals surface area contributed by atoms with Crippen molar-refractivity contribution in [1.82, 2.24) is 4.90 Å². The molecule has 1 aliphatic rings. The minimum atomic E-state index is -1.04. The molecule has 0 radical (unpaired) electrons. The summed E-state index contributed by atoms with van der Waals surface area (Å²) in [5.41, 5.74) is 0. The van der Waals surface area contributed by atoms with Crippen molar-refractivity contribution in [3.05, 3.63) is 0 Å². The van der Waals surface area contributed by atoms with Gasteiger partial charge in [-0.2, -0.15) is 0 Å². The summed E-state index contributed by atoms with van der Waals surface area (Å²) in [6, 6.07) is 0. The van der Waals surface area contributed by atoms with E-state index in [1.54, 1.807) is 6.92 Å². The summed E-state index contributed by atoms with van der Waals surface area (Å²) < 4.78 is 10.5. The smallest absolute Gasteiger partial charge is 0.334 e. The molecule has 2 atom stereocenters. The van der Waals surface area contributed by atoms with E-state index in [0.717, 1.165) is 12.8 Å². The largest absolute Gasteiger partial charge is 0.479 e. The molecule has 1 heterocycles. The summed E-state index contributed by atoms with van der Waals surface area (Å²) >= 11 is 0. The summed E-state index contributed by atoms with van der Waals surface area (Å²) in [6.45, 7) is 5.07. The molecule has 0 saturated carbocycles. The Kier molecular flexibility index (Phi) is 6.07. The van der Waals surface area contributed by atoms with Crippen LogP contribution in [-0.2, 0) is 19.1 Å². The molecule has 0 unspecified atom stereocenters. The Labute approximate surface area is 107 Å². The van der Waals surface area contributed by atoms with Crippen LogP contribution >= 0.6 is 0 Å². The Bertz CT molecular complexity index is 294. The highest BCUT2D eigenvalue weighted by atomic mass is 16.5. The van der Waals surface area contributed by atoms with Crippen LogP contribution in [0.5, 0.6) is 0 Å². The number of unbranched alkanes of at least 4 members (excludes halogenated alkanes) is 1. The summed E-state index contributed by atoms with van der Waals surface area (Å²) in [7, 11) is 0. The molecular weight excluding hydrogens is 238 g/mol. The van der Waals surface area contributed by atoms with Crippen LogP contribution in [0, 0.1) is 0 Å². The van der Waals surface area contributed by atoms with E-state index >= 15 is 0 Å². The topological polar surface area (TPSA) is 76.1 Å². The quantitative estimate of drug-likeness (QED) is 0.703. The fourth-order valence-corrected chi connectivity index (χ4v) is 1.73. The van der Waals surface area contributed by atoms with Crippen LogP contribution in [0.4, 0.5) is 0 Å². The molecule has 1 fully saturated rings. The van der Waals surface area contributed by atoms with Crippen LogP contribution in [0.2, 0.25) is 0 Å². The molecule has 1 amide bonds. The van der Waals surface area contributed by atoms with E-state index in [2.05, 4.69) is 6.92 Å². The third-order valence-electron chi connectivity index (χ3n) is 2.87. The molecule has 1 aliphatic heterocycles. The van der Waals surface area contributed by atoms with Gasteiger partial charge in [-0.05, 0) is 13.3 Å². The van der Waals surface area contributed by atoms with Crippen LogP contribution in [0.1, 0.15) is 26.7 Å². The van der Waals surface area contributed by atoms with Crippen LogP contribution in [0.15, 0.2) is 0 Å². The predicted octanol–water partition coefficient (Wildman–Crippen LogP) is 0.504. The lowest BCUT2D eigenvalue weighted by atomic mass is 10.2. The fraction of sp³-hybridized carbons (Fsp3) is 0.833. The van der Waals surface area contributed by atoms with Crippen molar-refractivity contribution in [1.29, 1.82) is 0 Å². The predicted molar refractivity (Wildman–Crippen MR) is 64.3 cm³/mol. The third-order valence-corrected chi connectivity index (χ3v) is 2.87. The number of rotatable bonds is 6. The minimum Gasteiger partial charge on any atom is -0.479 e. The van der Waals surface area contributed by atoms with E-state index in [4.69, 9.17) is 14.6 Å². The summed E-state index contributed by atoms with van der Waals surface area (Å²) in [4.78, 5) is 24.3. The van der Waals surface area contributed by atoms with Gasteiger partial charge in [0, 0.05) is 13.2 Å². The van der Waals surface area contributed by atoms with Crippen molar-refractivity contribution in [2.24, 2.45) is 0 Å². The number of carbonyl (C=O) groups is 2. The SMILES string of the molecule is CCCCO[C@H](C)C(=O)N1CCO[C@@H](C(=O)O)C1. The van der Waals surface area contributed by atoms with Gasteiger partial charge in [0.25, 0.3) is 5.91 Å². The van der Waals surface area contributed by atoms with Crippen molar-refractivity contribution >= 4 is 11.9 Å². The van der Waals surface area contributed by atoms with E-state index in [0.29, 0.717) is 13.2 Å². The maximum absolute atomic E-state index is 12.0. The second-order valence-electron chi connectivity index (χ2n) is 4.35. The standard InChI is InChI=1S/C12H21NO5/c1-3-4-6-17-9(2)11(14)13-5-7-18-10(8-13)12(15)16/h9-10H,3-8H2,1-2H3,(H,15,16)/t9-,10-/m1/s1. The van der Waals surface area contributed by atoms with E-state index in [-0.39, 0.29) is 19.1 Å². The second-order valence-corrected chi connectivity index (χ2v) is 4.35. The van der Waals surface area contributed by atoms with Crippen molar-refractivity contribution in [3.63, 3.8) is 0 Å². The molecule has 0 aromatic carbocycles. The summed E-state index contributed by atoms with van der Waals surface area (Å²) in [5.74, 6) is -1.20. The van der Waals surface area contributed by atoms with Gasteiger partial charge in [-0.15, -0.1) is 0 Å². The van der Waals surface area contributed by atoms with E-state index in [1.165, 1.54) is 4.90 Å². The number of carboxylic acids is 1. The molecule has 1 rings (SSSR count). The van der Waals surface area contributed by atoms with Crippen molar-refractivity contribution < 1.29 is 24.2 Å². The molecule has 1 saturated heterocycles. The van der Waals surface area contributed by atoms with Gasteiger partial charge in [-0.3, -0.25) is 4.79 Å². The average Bonchev–Trinajstić information content (AvgIpc) is 2.38. The lowest BCUT2D eigenvalue weighted by molar-refractivity contribution is -0.162. The van der Waals surface area contributed by atoms with Gasteiger partial charge in [-0.25, -0.2) is 4.79 Å². The highest BCUT2D eigenvalue weighted by molar-refractivity contribution is 5.82. The first-order valence-electron chi connectivity index (χ1n) is 6.31. The van der Waals surface area contributed by atoms with Crippen LogP contribution in [0.3, 0.4) is 0 Å². The second kappa shape index (κ2) is 7.33. The molecule has 0 aliphatic carbocycles. The molecule has 6 nitrogen and oxygen atoms in total. The van der Waals surface area contributed by atoms with Gasteiger partial charge < -0.3 is 19.5 Å². The Balaban J connectivity index is 2.42. The van der Waals surface area contributed by atoms with Crippen LogP contribution < -0.4 is 0 Å². The third kappa shape index (κ3) is 4.27. The molecule has 0 spiro atoms. The van der Waals surface area contributed by atoms with Crippen molar-refractivity contribution in [2.45, 2.75) is 38.9 Å². The number of ether oxygens (including phenoxy) is 2. The molecular formula is C12H21NO5. The van der Waals surface area contributed by atoms with Gasteiger partial charge in [0.1, 0.15) is 6.10 Å². The van der Waals surface area contributed by atoms with Crippen LogP contribution in [0.25, 0.3) is 0 Å². The molecule has 104 valence electrons. The molecule has 0 aromatic heterocycles. The first-order valence-corrected chi connectivity index (χ1v) is 6.31. The Morgan fingerprint density at radius 3 is 2.89 bits per heavy atom. The van der Waals surface area contributed by atoms with E-state index in [9.17, 15) is 9.59 Å². The number of morpholine rings is 1. The normalized spacial score (nSPS) is 21.7. The van der Waals surface area contributed by atoms with Crippen LogP contribution in [-0.4, -0.2) is 60.4 Å². The number of hydrogen-bond donors (Lipinski definition) is 1. The Morgan fingerprint density at radius 2 is 2.28 bits per heavy atom. The molecule has 1 N–H and O–H groups in total. The number of carboxylic acid groups (broad SMARTS) is 1. The number of carbonyl (C=O) groups excluding carboxylic acids is 1. The van der Waals surface area contributed by atoms with Crippen molar-refractivity contribution in [2.75, 3.05) is 26.3 Å². The first-order chi connectivity index (χ1) is 8.56. The minimum absolute atomic E-state index is 0.0929. The Morgan fingerprint density at radius 1 is 1.56 bits per heavy atom. The zero-order valence-corrected chi connectivity index (χ0v) is 10.9. The van der Waals surface area contributed by atoms with Gasteiger partial charge in [0.2, 0.25) is 0 Å². The maximum atomic E-state index is 12.0. The monoisotopic (exact) mass is 259 g/mol. The van der Waals surface area contributed by atoms with Crippen molar-refractivity contribution in [3.8, 4) is 0 Å². The summed E-state index contributed by atoms with van der Waals surface area (Å²) in [6.07, 6.45) is 0.479. The summed E-state index contributed by atoms with van der Waals surface area (Å²) in [5, 5.41) is 8.86. The highest BCUT2D eigenvalue weighted by Gasteiger charge is 2.31. The number of aliphatic carboxylic acids is 1. The Hall–Kier alpha value is -1.14. The zero-order valence-electron chi connectivity index (χ0n) is 10.9. The molecule has 18 heavy (non-hydrogen) atoms. The number of amides is 1. The first kappa shape index (κ1) is 14.9. The highest BCUT2D eigenvalue weighted by Crippen LogP contribution is 2.09. The molecule has 0 aromatic rings. The average molecular weight is 259 g/mol. The lowest BCUT2D eigenvalue weighted by Crippen LogP contribution is -2.51. The molecule has 0 bridgehead atoms. The van der Waals surface area contributed by atoms with Gasteiger partial charge in [0.15, 0.2) is 6.10 Å². The van der Waals surface area contributed by atoms with E-state index in [1.807, 2.05) is 0 Å². The van der Waals surface area contributed by atoms with Gasteiger partial charge in [0.05, 0.1) is 13.2 Å². The number of hydrogen-bond acceptors (Lipinski definition) is 4. The number of nitrogens with zero attached hydrogens (tertiary/aromatic N) is 1. The fourth-order valence-electron chi connectivity index (χ4n) is 1.73. The lowest BCUT2D eigenvalue weighted by Gasteiger charge is -2.32.